The second kappa shape index (κ2) is 7.65. The van der Waals surface area contributed by atoms with Gasteiger partial charge in [-0.25, -0.2) is 0 Å². The Bertz CT molecular complexity index is 501. The first kappa shape index (κ1) is 17.0. The number of hydrogen-bond acceptors (Lipinski definition) is 4. The summed E-state index contributed by atoms with van der Waals surface area (Å²) in [6.45, 7) is 5.76. The van der Waals surface area contributed by atoms with Crippen LogP contribution in [0.1, 0.15) is 26.3 Å². The van der Waals surface area contributed by atoms with E-state index >= 15 is 0 Å². The summed E-state index contributed by atoms with van der Waals surface area (Å²) in [5.41, 5.74) is -0.0639. The zero-order chi connectivity index (χ0) is 15.9. The number of carbonyl (C=O) groups is 1. The van der Waals surface area contributed by atoms with Gasteiger partial charge in [-0.05, 0) is 30.5 Å². The lowest BCUT2D eigenvalue weighted by Crippen LogP contribution is -2.44. The summed E-state index contributed by atoms with van der Waals surface area (Å²) < 4.78 is 5.14. The molecule has 21 heavy (non-hydrogen) atoms. The normalized spacial score (nSPS) is 13.3. The monoisotopic (exact) mass is 290 g/mol. The lowest BCUT2D eigenvalue weighted by molar-refractivity contribution is -0.122. The van der Waals surface area contributed by atoms with Gasteiger partial charge in [0.2, 0.25) is 5.91 Å². The van der Waals surface area contributed by atoms with E-state index in [4.69, 9.17) is 10.00 Å². The molecule has 1 aromatic rings. The van der Waals surface area contributed by atoms with Crippen LogP contribution in [-0.2, 0) is 11.2 Å². The van der Waals surface area contributed by atoms with E-state index in [1.54, 1.807) is 31.2 Å². The number of amides is 1. The third-order valence-corrected chi connectivity index (χ3v) is 3.48. The zero-order valence-corrected chi connectivity index (χ0v) is 12.7. The van der Waals surface area contributed by atoms with Crippen molar-refractivity contribution in [2.75, 3.05) is 13.2 Å². The number of carbonyl (C=O) groups excluding carboxylic acids is 1. The van der Waals surface area contributed by atoms with Crippen molar-refractivity contribution in [3.05, 3.63) is 29.8 Å². The van der Waals surface area contributed by atoms with Crippen molar-refractivity contribution in [2.45, 2.75) is 32.8 Å². The summed E-state index contributed by atoms with van der Waals surface area (Å²) in [5, 5.41) is 21.2. The Morgan fingerprint density at radius 1 is 1.43 bits per heavy atom. The molecule has 0 bridgehead atoms. The summed E-state index contributed by atoms with van der Waals surface area (Å²) in [4.78, 5) is 11.8. The third kappa shape index (κ3) is 5.84. The Balaban J connectivity index is 2.46. The minimum absolute atomic E-state index is 0.00408. The standard InChI is InChI=1S/C16H22N2O3/c1-12(2)16(3,20)11-18-15(19)10-13-4-6-14(7-5-13)21-9-8-17/h4-7,12,20H,9-11H2,1-3H3,(H,18,19). The number of aliphatic hydroxyl groups is 1. The number of hydrogen-bond donors (Lipinski definition) is 2. The number of nitrogens with one attached hydrogen (secondary N) is 1. The molecule has 0 saturated heterocycles. The quantitative estimate of drug-likeness (QED) is 0.800. The van der Waals surface area contributed by atoms with Gasteiger partial charge >= 0.3 is 0 Å². The van der Waals surface area contributed by atoms with E-state index in [0.29, 0.717) is 5.75 Å². The van der Waals surface area contributed by atoms with Crippen molar-refractivity contribution in [1.82, 2.24) is 5.32 Å². The highest BCUT2D eigenvalue weighted by Crippen LogP contribution is 2.15. The summed E-state index contributed by atoms with van der Waals surface area (Å²) in [6, 6.07) is 8.91. The molecular weight excluding hydrogens is 268 g/mol. The van der Waals surface area contributed by atoms with Gasteiger partial charge in [-0.2, -0.15) is 5.26 Å². The van der Waals surface area contributed by atoms with Gasteiger partial charge in [0, 0.05) is 6.54 Å². The number of rotatable bonds is 7. The Labute approximate surface area is 125 Å². The maximum atomic E-state index is 11.8. The highest BCUT2D eigenvalue weighted by atomic mass is 16.5. The van der Waals surface area contributed by atoms with Gasteiger partial charge in [0.1, 0.15) is 11.8 Å². The van der Waals surface area contributed by atoms with Crippen LogP contribution in [-0.4, -0.2) is 29.8 Å². The molecule has 0 heterocycles. The van der Waals surface area contributed by atoms with E-state index in [2.05, 4.69) is 5.32 Å². The largest absolute Gasteiger partial charge is 0.479 e. The lowest BCUT2D eigenvalue weighted by atomic mass is 9.92. The highest BCUT2D eigenvalue weighted by molar-refractivity contribution is 5.78. The number of benzene rings is 1. The second-order valence-corrected chi connectivity index (χ2v) is 5.56. The van der Waals surface area contributed by atoms with E-state index in [-0.39, 0.29) is 31.4 Å². The van der Waals surface area contributed by atoms with E-state index in [9.17, 15) is 9.90 Å². The number of nitriles is 1. The minimum Gasteiger partial charge on any atom is -0.479 e. The van der Waals surface area contributed by atoms with Crippen molar-refractivity contribution < 1.29 is 14.6 Å². The van der Waals surface area contributed by atoms with Crippen LogP contribution in [0.4, 0.5) is 0 Å². The van der Waals surface area contributed by atoms with Crippen molar-refractivity contribution in [3.63, 3.8) is 0 Å². The molecule has 1 rings (SSSR count). The first-order valence-corrected chi connectivity index (χ1v) is 6.93. The smallest absolute Gasteiger partial charge is 0.224 e. The molecule has 5 nitrogen and oxygen atoms in total. The molecule has 0 spiro atoms. The van der Waals surface area contributed by atoms with Gasteiger partial charge in [0.25, 0.3) is 0 Å². The predicted molar refractivity (Wildman–Crippen MR) is 79.7 cm³/mol. The molecule has 1 aromatic carbocycles. The van der Waals surface area contributed by atoms with Crippen LogP contribution in [0, 0.1) is 17.2 Å². The molecule has 1 atom stereocenters. The molecule has 0 saturated carbocycles. The molecule has 0 aromatic heterocycles. The highest BCUT2D eigenvalue weighted by Gasteiger charge is 2.25. The molecular formula is C16H22N2O3. The lowest BCUT2D eigenvalue weighted by Gasteiger charge is -2.27. The van der Waals surface area contributed by atoms with Crippen LogP contribution in [0.15, 0.2) is 24.3 Å². The maximum absolute atomic E-state index is 11.8. The summed E-state index contributed by atoms with van der Waals surface area (Å²) >= 11 is 0. The molecule has 5 heteroatoms. The van der Waals surface area contributed by atoms with Gasteiger partial charge < -0.3 is 15.2 Å². The van der Waals surface area contributed by atoms with Crippen LogP contribution < -0.4 is 10.1 Å². The fraction of sp³-hybridized carbons (Fsp3) is 0.500. The Morgan fingerprint density at radius 2 is 2.05 bits per heavy atom. The predicted octanol–water partition coefficient (Wildman–Crippen LogP) is 1.65. The van der Waals surface area contributed by atoms with E-state index in [0.717, 1.165) is 5.56 Å². The maximum Gasteiger partial charge on any atom is 0.224 e. The van der Waals surface area contributed by atoms with Gasteiger partial charge in [-0.1, -0.05) is 26.0 Å². The fourth-order valence-corrected chi connectivity index (χ4v) is 1.55. The fourth-order valence-electron chi connectivity index (χ4n) is 1.55. The van der Waals surface area contributed by atoms with Crippen LogP contribution in [0.2, 0.25) is 0 Å². The summed E-state index contributed by atoms with van der Waals surface area (Å²) in [5.74, 6) is 0.527. The van der Waals surface area contributed by atoms with Crippen molar-refractivity contribution in [1.29, 1.82) is 5.26 Å². The Hall–Kier alpha value is -2.06. The van der Waals surface area contributed by atoms with Crippen LogP contribution >= 0.6 is 0 Å². The van der Waals surface area contributed by atoms with Gasteiger partial charge in [-0.3, -0.25) is 4.79 Å². The number of nitrogens with zero attached hydrogens (tertiary/aromatic N) is 1. The molecule has 1 amide bonds. The van der Waals surface area contributed by atoms with Crippen molar-refractivity contribution in [3.8, 4) is 11.8 Å². The molecule has 0 fully saturated rings. The second-order valence-electron chi connectivity index (χ2n) is 5.56. The summed E-state index contributed by atoms with van der Waals surface area (Å²) in [7, 11) is 0. The average Bonchev–Trinajstić information content (AvgIpc) is 2.44. The van der Waals surface area contributed by atoms with Crippen molar-refractivity contribution in [2.24, 2.45) is 5.92 Å². The van der Waals surface area contributed by atoms with Crippen LogP contribution in [0.3, 0.4) is 0 Å². The summed E-state index contributed by atoms with van der Waals surface area (Å²) in [6.07, 6.45) is 0.243. The van der Waals surface area contributed by atoms with Crippen LogP contribution in [0.5, 0.6) is 5.75 Å². The topological polar surface area (TPSA) is 82.3 Å². The SMILES string of the molecule is CC(C)C(C)(O)CNC(=O)Cc1ccc(OCC#N)cc1. The molecule has 1 unspecified atom stereocenters. The van der Waals surface area contributed by atoms with Crippen LogP contribution in [0.25, 0.3) is 0 Å². The van der Waals surface area contributed by atoms with E-state index < -0.39 is 5.60 Å². The first-order chi connectivity index (χ1) is 9.85. The van der Waals surface area contributed by atoms with Gasteiger partial charge in [0.15, 0.2) is 6.61 Å². The molecule has 0 aliphatic heterocycles. The van der Waals surface area contributed by atoms with Gasteiger partial charge in [0.05, 0.1) is 12.0 Å². The molecule has 0 aliphatic carbocycles. The molecule has 0 aliphatic rings. The van der Waals surface area contributed by atoms with E-state index in [1.165, 1.54) is 0 Å². The molecule has 114 valence electrons. The third-order valence-electron chi connectivity index (χ3n) is 3.48. The Kier molecular flexibility index (Phi) is 6.19. The minimum atomic E-state index is -0.912. The van der Waals surface area contributed by atoms with E-state index in [1.807, 2.05) is 19.9 Å². The molecule has 0 radical (unpaired) electrons. The Morgan fingerprint density at radius 3 is 2.57 bits per heavy atom. The first-order valence-electron chi connectivity index (χ1n) is 6.93. The van der Waals surface area contributed by atoms with Crippen molar-refractivity contribution >= 4 is 5.91 Å². The average molecular weight is 290 g/mol. The van der Waals surface area contributed by atoms with Gasteiger partial charge in [-0.15, -0.1) is 0 Å². The zero-order valence-electron chi connectivity index (χ0n) is 12.7. The number of ether oxygens (including phenoxy) is 1. The molecule has 2 N–H and O–H groups in total.